The standard InChI is InChI=1S/C18H20F2N6S/c19-17(20)26-9-11(7-24-26)12-8-23-15(16-22-4-5-27-16)25-10-18(6-13(12)25)3-1-2-14(18)21/h4-5,7,9,14,17H,1-3,6,8,10,21H2. The Hall–Kier alpha value is -2.13. The lowest BCUT2D eigenvalue weighted by Gasteiger charge is -2.29. The van der Waals surface area contributed by atoms with Gasteiger partial charge in [-0.05, 0) is 19.3 Å². The van der Waals surface area contributed by atoms with Crippen LogP contribution in [-0.2, 0) is 0 Å². The first kappa shape index (κ1) is 17.0. The molecule has 142 valence electrons. The summed E-state index contributed by atoms with van der Waals surface area (Å²) in [6.45, 7) is -1.38. The van der Waals surface area contributed by atoms with Crippen LogP contribution in [-0.4, -0.2) is 44.6 Å². The van der Waals surface area contributed by atoms with Crippen molar-refractivity contribution >= 4 is 22.7 Å². The predicted molar refractivity (Wildman–Crippen MR) is 99.5 cm³/mol. The monoisotopic (exact) mass is 390 g/mol. The number of fused-ring (bicyclic) bond motifs is 1. The fourth-order valence-corrected chi connectivity index (χ4v) is 5.31. The third-order valence-electron chi connectivity index (χ3n) is 6.06. The third-order valence-corrected chi connectivity index (χ3v) is 6.83. The van der Waals surface area contributed by atoms with Gasteiger partial charge in [0.2, 0.25) is 0 Å². The van der Waals surface area contributed by atoms with Gasteiger partial charge in [0.1, 0.15) is 0 Å². The van der Waals surface area contributed by atoms with E-state index in [1.54, 1.807) is 17.5 Å². The summed E-state index contributed by atoms with van der Waals surface area (Å²) in [6.07, 6.45) is 8.80. The van der Waals surface area contributed by atoms with Crippen molar-refractivity contribution in [3.8, 4) is 0 Å². The minimum absolute atomic E-state index is 0.0294. The van der Waals surface area contributed by atoms with Crippen LogP contribution in [0, 0.1) is 5.41 Å². The van der Waals surface area contributed by atoms with E-state index in [1.165, 1.54) is 12.4 Å². The van der Waals surface area contributed by atoms with Crippen LogP contribution in [0.5, 0.6) is 0 Å². The van der Waals surface area contributed by atoms with Crippen LogP contribution >= 0.6 is 11.3 Å². The Morgan fingerprint density at radius 3 is 2.93 bits per heavy atom. The summed E-state index contributed by atoms with van der Waals surface area (Å²) in [6, 6.07) is 0.151. The summed E-state index contributed by atoms with van der Waals surface area (Å²) in [5.74, 6) is 0.876. The molecule has 0 aromatic carbocycles. The largest absolute Gasteiger partial charge is 0.333 e. The Labute approximate surface area is 159 Å². The maximum Gasteiger partial charge on any atom is 0.333 e. The van der Waals surface area contributed by atoms with Crippen LogP contribution in [0.1, 0.15) is 42.8 Å². The van der Waals surface area contributed by atoms with E-state index in [2.05, 4.69) is 15.0 Å². The molecule has 2 aromatic heterocycles. The Morgan fingerprint density at radius 1 is 1.37 bits per heavy atom. The van der Waals surface area contributed by atoms with Crippen LogP contribution < -0.4 is 5.73 Å². The van der Waals surface area contributed by atoms with Gasteiger partial charge in [0.05, 0.1) is 12.7 Å². The van der Waals surface area contributed by atoms with Gasteiger partial charge in [-0.25, -0.2) is 9.67 Å². The first-order valence-corrected chi connectivity index (χ1v) is 9.97. The highest BCUT2D eigenvalue weighted by Crippen LogP contribution is 2.51. The molecule has 1 spiro atoms. The van der Waals surface area contributed by atoms with Gasteiger partial charge in [-0.15, -0.1) is 11.3 Å². The molecule has 27 heavy (non-hydrogen) atoms. The number of amidine groups is 1. The highest BCUT2D eigenvalue weighted by atomic mass is 32.1. The zero-order valence-electron chi connectivity index (χ0n) is 14.7. The highest BCUT2D eigenvalue weighted by molar-refractivity contribution is 7.11. The van der Waals surface area contributed by atoms with Crippen molar-refractivity contribution in [3.63, 3.8) is 0 Å². The molecule has 9 heteroatoms. The average molecular weight is 390 g/mol. The molecule has 1 saturated carbocycles. The molecule has 1 saturated heterocycles. The van der Waals surface area contributed by atoms with E-state index >= 15 is 0 Å². The van der Waals surface area contributed by atoms with E-state index < -0.39 is 6.55 Å². The molecule has 3 aliphatic rings. The lowest BCUT2D eigenvalue weighted by atomic mass is 9.81. The van der Waals surface area contributed by atoms with Crippen molar-refractivity contribution in [2.75, 3.05) is 13.1 Å². The number of hydrogen-bond donors (Lipinski definition) is 1. The number of aliphatic imine (C=N–C) groups is 1. The van der Waals surface area contributed by atoms with Gasteiger partial charge >= 0.3 is 6.55 Å². The number of halogens is 2. The summed E-state index contributed by atoms with van der Waals surface area (Å²) in [4.78, 5) is 11.4. The normalized spacial score (nSPS) is 27.8. The molecule has 4 heterocycles. The number of rotatable bonds is 3. The number of nitrogens with zero attached hydrogens (tertiary/aromatic N) is 5. The van der Waals surface area contributed by atoms with E-state index in [4.69, 9.17) is 10.7 Å². The lowest BCUT2D eigenvalue weighted by molar-refractivity contribution is 0.0566. The second-order valence-corrected chi connectivity index (χ2v) is 8.41. The molecule has 2 aliphatic heterocycles. The Balaban J connectivity index is 1.58. The maximum absolute atomic E-state index is 13.0. The smallest absolute Gasteiger partial charge is 0.327 e. The van der Waals surface area contributed by atoms with Gasteiger partial charge in [0.15, 0.2) is 10.8 Å². The second kappa shape index (κ2) is 6.20. The fourth-order valence-electron chi connectivity index (χ4n) is 4.65. The van der Waals surface area contributed by atoms with Gasteiger partial charge in [-0.2, -0.15) is 13.9 Å². The summed E-state index contributed by atoms with van der Waals surface area (Å²) < 4.78 is 26.7. The zero-order valence-corrected chi connectivity index (χ0v) is 15.5. The molecule has 2 atom stereocenters. The quantitative estimate of drug-likeness (QED) is 0.874. The molecule has 5 rings (SSSR count). The van der Waals surface area contributed by atoms with E-state index in [-0.39, 0.29) is 11.5 Å². The number of hydrogen-bond acceptors (Lipinski definition) is 6. The van der Waals surface area contributed by atoms with Crippen LogP contribution in [0.3, 0.4) is 0 Å². The van der Waals surface area contributed by atoms with Gasteiger partial charge in [0.25, 0.3) is 0 Å². The molecule has 0 radical (unpaired) electrons. The SMILES string of the molecule is NC1CCCC12CC1=C(c3cnn(C(F)F)c3)CN=C(c3nccs3)N1C2. The Kier molecular flexibility index (Phi) is 3.90. The second-order valence-electron chi connectivity index (χ2n) is 7.51. The molecule has 2 N–H and O–H groups in total. The number of alkyl halides is 2. The molecule has 1 aliphatic carbocycles. The molecule has 0 bridgehead atoms. The van der Waals surface area contributed by atoms with Crippen molar-refractivity contribution in [3.05, 3.63) is 40.2 Å². The predicted octanol–water partition coefficient (Wildman–Crippen LogP) is 3.11. The van der Waals surface area contributed by atoms with Crippen LogP contribution in [0.2, 0.25) is 0 Å². The van der Waals surface area contributed by atoms with Crippen LogP contribution in [0.25, 0.3) is 5.57 Å². The van der Waals surface area contributed by atoms with E-state index in [0.29, 0.717) is 16.8 Å². The van der Waals surface area contributed by atoms with Crippen molar-refractivity contribution < 1.29 is 8.78 Å². The number of allylic oxidation sites excluding steroid dienone is 1. The molecule has 2 unspecified atom stereocenters. The van der Waals surface area contributed by atoms with Gasteiger partial charge in [-0.3, -0.25) is 4.99 Å². The van der Waals surface area contributed by atoms with Crippen LogP contribution in [0.15, 0.2) is 34.7 Å². The first-order valence-electron chi connectivity index (χ1n) is 9.09. The fraction of sp³-hybridized carbons (Fsp3) is 0.500. The number of nitrogens with two attached hydrogens (primary N) is 1. The molecular weight excluding hydrogens is 370 g/mol. The van der Waals surface area contributed by atoms with E-state index in [0.717, 1.165) is 54.3 Å². The average Bonchev–Trinajstić information content (AvgIpc) is 3.42. The topological polar surface area (TPSA) is 72.3 Å². The van der Waals surface area contributed by atoms with Crippen LogP contribution in [0.4, 0.5) is 8.78 Å². The molecule has 2 fully saturated rings. The number of aromatic nitrogens is 3. The molecule has 0 amide bonds. The van der Waals surface area contributed by atoms with E-state index in [9.17, 15) is 8.78 Å². The summed E-state index contributed by atoms with van der Waals surface area (Å²) in [5, 5.41) is 6.64. The summed E-state index contributed by atoms with van der Waals surface area (Å²) in [7, 11) is 0. The lowest BCUT2D eigenvalue weighted by Crippen LogP contribution is -2.41. The molecule has 6 nitrogen and oxygen atoms in total. The Bertz CT molecular complexity index is 918. The van der Waals surface area contributed by atoms with Crippen molar-refractivity contribution in [1.29, 1.82) is 0 Å². The zero-order chi connectivity index (χ0) is 18.6. The van der Waals surface area contributed by atoms with Crippen molar-refractivity contribution in [2.24, 2.45) is 16.1 Å². The number of thiazole rings is 1. The first-order chi connectivity index (χ1) is 13.1. The van der Waals surface area contributed by atoms with Gasteiger partial charge < -0.3 is 10.6 Å². The summed E-state index contributed by atoms with van der Waals surface area (Å²) in [5.41, 5.74) is 9.35. The van der Waals surface area contributed by atoms with Gasteiger partial charge in [0, 0.05) is 52.6 Å². The Morgan fingerprint density at radius 2 is 2.26 bits per heavy atom. The van der Waals surface area contributed by atoms with E-state index in [1.807, 2.05) is 5.38 Å². The molecule has 2 aromatic rings. The third kappa shape index (κ3) is 2.63. The minimum atomic E-state index is -2.64. The molecular formula is C18H20F2N6S. The highest BCUT2D eigenvalue weighted by Gasteiger charge is 2.50. The summed E-state index contributed by atoms with van der Waals surface area (Å²) >= 11 is 1.56. The maximum atomic E-state index is 13.0. The van der Waals surface area contributed by atoms with Crippen molar-refractivity contribution in [1.82, 2.24) is 19.7 Å². The van der Waals surface area contributed by atoms with Crippen molar-refractivity contribution in [2.45, 2.75) is 38.3 Å². The minimum Gasteiger partial charge on any atom is -0.327 e. The van der Waals surface area contributed by atoms with Gasteiger partial charge in [-0.1, -0.05) is 6.42 Å².